The van der Waals surface area contributed by atoms with Gasteiger partial charge in [-0.05, 0) is 37.1 Å². The van der Waals surface area contributed by atoms with Crippen molar-refractivity contribution in [2.45, 2.75) is 26.7 Å². The summed E-state index contributed by atoms with van der Waals surface area (Å²) in [4.78, 5) is 39.4. The molecule has 0 saturated carbocycles. The smallest absolute Gasteiger partial charge is 0.274 e. The summed E-state index contributed by atoms with van der Waals surface area (Å²) in [5, 5.41) is 3.02. The molecule has 2 rings (SSSR count). The van der Waals surface area contributed by atoms with Crippen LogP contribution in [0.4, 0.5) is 5.69 Å². The number of benzene rings is 1. The molecule has 0 aliphatic rings. The van der Waals surface area contributed by atoms with Gasteiger partial charge in [0, 0.05) is 36.9 Å². The number of nitrogens with zero attached hydrogens (tertiary/aromatic N) is 2. The Morgan fingerprint density at radius 3 is 2.37 bits per heavy atom. The van der Waals surface area contributed by atoms with E-state index in [0.29, 0.717) is 29.2 Å². The number of hydrogen-bond donors (Lipinski definition) is 1. The molecule has 144 valence electrons. The first-order chi connectivity index (χ1) is 12.9. The summed E-state index contributed by atoms with van der Waals surface area (Å²) in [5.74, 6) is -0.620. The minimum atomic E-state index is -0.460. The Labute approximate surface area is 163 Å². The number of carbonyl (C=O) groups is 2. The van der Waals surface area contributed by atoms with Crippen molar-refractivity contribution in [3.63, 3.8) is 0 Å². The Morgan fingerprint density at radius 1 is 1.11 bits per heavy atom. The van der Waals surface area contributed by atoms with Gasteiger partial charge in [0.05, 0.1) is 5.56 Å². The van der Waals surface area contributed by atoms with Crippen LogP contribution in [-0.2, 0) is 7.05 Å². The molecule has 0 aliphatic carbocycles. The molecule has 0 atom stereocenters. The molecule has 27 heavy (non-hydrogen) atoms. The lowest BCUT2D eigenvalue weighted by Crippen LogP contribution is -2.34. The number of aromatic nitrogens is 1. The maximum absolute atomic E-state index is 12.8. The van der Waals surface area contributed by atoms with E-state index in [2.05, 4.69) is 5.32 Å². The summed E-state index contributed by atoms with van der Waals surface area (Å²) in [6.07, 6.45) is 3.18. The summed E-state index contributed by atoms with van der Waals surface area (Å²) in [7, 11) is 1.55. The summed E-state index contributed by atoms with van der Waals surface area (Å²) in [5.41, 5.74) is 0.362. The predicted octanol–water partition coefficient (Wildman–Crippen LogP) is 3.55. The van der Waals surface area contributed by atoms with Gasteiger partial charge in [0.2, 0.25) is 0 Å². The number of rotatable bonds is 7. The molecule has 1 heterocycles. The molecule has 0 spiro atoms. The molecule has 2 aromatic rings. The van der Waals surface area contributed by atoms with Crippen molar-refractivity contribution in [1.29, 1.82) is 0 Å². The van der Waals surface area contributed by atoms with Crippen LogP contribution in [0, 0.1) is 0 Å². The highest BCUT2D eigenvalue weighted by atomic mass is 35.5. The number of hydrogen-bond acceptors (Lipinski definition) is 3. The van der Waals surface area contributed by atoms with E-state index in [1.54, 1.807) is 30.1 Å². The highest BCUT2D eigenvalue weighted by molar-refractivity contribution is 6.31. The lowest BCUT2D eigenvalue weighted by molar-refractivity contribution is 0.0754. The molecule has 7 heteroatoms. The maximum Gasteiger partial charge on any atom is 0.274 e. The number of carbonyl (C=O) groups excluding carboxylic acids is 2. The van der Waals surface area contributed by atoms with E-state index < -0.39 is 5.91 Å². The van der Waals surface area contributed by atoms with Crippen molar-refractivity contribution >= 4 is 29.1 Å². The second-order valence-corrected chi connectivity index (χ2v) is 6.75. The molecular formula is C20H24ClN3O3. The minimum absolute atomic E-state index is 0.0567. The van der Waals surface area contributed by atoms with Crippen LogP contribution in [0.2, 0.25) is 5.02 Å². The fourth-order valence-corrected chi connectivity index (χ4v) is 2.97. The number of pyridine rings is 1. The first-order valence-corrected chi connectivity index (χ1v) is 9.32. The molecule has 0 fully saturated rings. The molecule has 1 aromatic carbocycles. The monoisotopic (exact) mass is 389 g/mol. The van der Waals surface area contributed by atoms with Gasteiger partial charge >= 0.3 is 0 Å². The molecule has 0 saturated heterocycles. The zero-order valence-corrected chi connectivity index (χ0v) is 16.5. The Kier molecular flexibility index (Phi) is 7.19. The second-order valence-electron chi connectivity index (χ2n) is 6.32. The highest BCUT2D eigenvalue weighted by Gasteiger charge is 2.18. The summed E-state index contributed by atoms with van der Waals surface area (Å²) in [6.45, 7) is 5.29. The average molecular weight is 390 g/mol. The van der Waals surface area contributed by atoms with E-state index >= 15 is 0 Å². The number of nitrogens with one attached hydrogen (secondary N) is 1. The van der Waals surface area contributed by atoms with Crippen molar-refractivity contribution in [1.82, 2.24) is 9.47 Å². The SMILES string of the molecule is CCCN(CCC)C(=O)c1cc(NC(=O)c2cccc(Cl)c2)c(=O)n(C)c1. The normalized spacial score (nSPS) is 10.5. The highest BCUT2D eigenvalue weighted by Crippen LogP contribution is 2.14. The Bertz CT molecular complexity index is 886. The van der Waals surface area contributed by atoms with Crippen molar-refractivity contribution in [3.8, 4) is 0 Å². The van der Waals surface area contributed by atoms with Gasteiger partial charge in [-0.2, -0.15) is 0 Å². The van der Waals surface area contributed by atoms with Gasteiger partial charge in [0.15, 0.2) is 0 Å². The topological polar surface area (TPSA) is 71.4 Å². The average Bonchev–Trinajstić information content (AvgIpc) is 2.64. The van der Waals surface area contributed by atoms with E-state index in [0.717, 1.165) is 12.8 Å². The Morgan fingerprint density at radius 2 is 1.78 bits per heavy atom. The standard InChI is InChI=1S/C20H24ClN3O3/c1-4-9-24(10-5-2)19(26)15-12-17(20(27)23(3)13-15)22-18(25)14-7-6-8-16(21)11-14/h6-8,11-13H,4-5,9-10H2,1-3H3,(H,22,25). The third-order valence-corrected chi connectivity index (χ3v) is 4.27. The molecule has 2 amide bonds. The largest absolute Gasteiger partial charge is 0.339 e. The lowest BCUT2D eigenvalue weighted by Gasteiger charge is -2.22. The zero-order valence-electron chi connectivity index (χ0n) is 15.8. The van der Waals surface area contributed by atoms with Crippen LogP contribution < -0.4 is 10.9 Å². The molecule has 1 aromatic heterocycles. The molecule has 6 nitrogen and oxygen atoms in total. The van der Waals surface area contributed by atoms with Crippen LogP contribution in [-0.4, -0.2) is 34.4 Å². The van der Waals surface area contributed by atoms with E-state index in [-0.39, 0.29) is 17.2 Å². The maximum atomic E-state index is 12.8. The zero-order chi connectivity index (χ0) is 20.0. The first-order valence-electron chi connectivity index (χ1n) is 8.94. The molecule has 0 radical (unpaired) electrons. The Balaban J connectivity index is 2.33. The predicted molar refractivity (Wildman–Crippen MR) is 108 cm³/mol. The van der Waals surface area contributed by atoms with Crippen molar-refractivity contribution in [2.24, 2.45) is 7.05 Å². The summed E-state index contributed by atoms with van der Waals surface area (Å²) in [6, 6.07) is 7.87. The minimum Gasteiger partial charge on any atom is -0.339 e. The fraction of sp³-hybridized carbons (Fsp3) is 0.350. The van der Waals surface area contributed by atoms with Crippen LogP contribution in [0.15, 0.2) is 41.3 Å². The van der Waals surface area contributed by atoms with E-state index in [4.69, 9.17) is 11.6 Å². The van der Waals surface area contributed by atoms with E-state index in [1.165, 1.54) is 22.9 Å². The van der Waals surface area contributed by atoms with Gasteiger partial charge < -0.3 is 14.8 Å². The van der Waals surface area contributed by atoms with Crippen LogP contribution in [0.3, 0.4) is 0 Å². The number of anilines is 1. The Hall–Kier alpha value is -2.60. The van der Waals surface area contributed by atoms with Crippen molar-refractivity contribution in [3.05, 3.63) is 63.0 Å². The van der Waals surface area contributed by atoms with E-state index in [1.807, 2.05) is 13.8 Å². The molecular weight excluding hydrogens is 366 g/mol. The van der Waals surface area contributed by atoms with Gasteiger partial charge in [0.25, 0.3) is 17.4 Å². The van der Waals surface area contributed by atoms with Gasteiger partial charge in [0.1, 0.15) is 5.69 Å². The van der Waals surface area contributed by atoms with Gasteiger partial charge in [-0.1, -0.05) is 31.5 Å². The molecule has 0 bridgehead atoms. The molecule has 0 aliphatic heterocycles. The van der Waals surface area contributed by atoms with Crippen LogP contribution in [0.25, 0.3) is 0 Å². The quantitative estimate of drug-likeness (QED) is 0.787. The van der Waals surface area contributed by atoms with Gasteiger partial charge in [-0.3, -0.25) is 14.4 Å². The van der Waals surface area contributed by atoms with Crippen molar-refractivity contribution < 1.29 is 9.59 Å². The second kappa shape index (κ2) is 9.37. The third-order valence-electron chi connectivity index (χ3n) is 4.04. The third kappa shape index (κ3) is 5.20. The van der Waals surface area contributed by atoms with Gasteiger partial charge in [-0.25, -0.2) is 0 Å². The molecule has 1 N–H and O–H groups in total. The number of amides is 2. The summed E-state index contributed by atoms with van der Waals surface area (Å²) < 4.78 is 1.30. The van der Waals surface area contributed by atoms with Crippen molar-refractivity contribution in [2.75, 3.05) is 18.4 Å². The number of halogens is 1. The lowest BCUT2D eigenvalue weighted by atomic mass is 10.2. The van der Waals surface area contributed by atoms with E-state index in [9.17, 15) is 14.4 Å². The first kappa shape index (κ1) is 20.7. The number of aryl methyl sites for hydroxylation is 1. The van der Waals surface area contributed by atoms with Gasteiger partial charge in [-0.15, -0.1) is 0 Å². The summed E-state index contributed by atoms with van der Waals surface area (Å²) >= 11 is 5.91. The fourth-order valence-electron chi connectivity index (χ4n) is 2.78. The van der Waals surface area contributed by atoms with Crippen LogP contribution >= 0.6 is 11.6 Å². The van der Waals surface area contributed by atoms with Crippen LogP contribution in [0.1, 0.15) is 47.4 Å². The van der Waals surface area contributed by atoms with Crippen LogP contribution in [0.5, 0.6) is 0 Å². The molecule has 0 unspecified atom stereocenters.